The molecule has 4 heteroatoms. The van der Waals surface area contributed by atoms with E-state index in [0.717, 1.165) is 25.1 Å². The molecule has 1 amide bonds. The molecule has 0 saturated carbocycles. The van der Waals surface area contributed by atoms with E-state index in [4.69, 9.17) is 5.73 Å². The lowest BCUT2D eigenvalue weighted by Crippen LogP contribution is -2.30. The number of nitrogens with two attached hydrogens (primary N) is 1. The Morgan fingerprint density at radius 2 is 2.22 bits per heavy atom. The van der Waals surface area contributed by atoms with Crippen molar-refractivity contribution in [2.75, 3.05) is 12.3 Å². The molecule has 1 saturated heterocycles. The number of hydrogen-bond donors (Lipinski definition) is 1. The van der Waals surface area contributed by atoms with Crippen molar-refractivity contribution < 1.29 is 4.79 Å². The molecule has 18 heavy (non-hydrogen) atoms. The third kappa shape index (κ3) is 3.22. The van der Waals surface area contributed by atoms with Crippen molar-refractivity contribution in [1.82, 2.24) is 9.88 Å². The molecule has 2 rings (SSSR count). The van der Waals surface area contributed by atoms with E-state index in [-0.39, 0.29) is 11.3 Å². The molecule has 0 atom stereocenters. The van der Waals surface area contributed by atoms with Gasteiger partial charge >= 0.3 is 0 Å². The van der Waals surface area contributed by atoms with Crippen LogP contribution >= 0.6 is 0 Å². The lowest BCUT2D eigenvalue weighted by molar-refractivity contribution is -0.131. The molecule has 0 bridgehead atoms. The van der Waals surface area contributed by atoms with Gasteiger partial charge < -0.3 is 10.6 Å². The highest BCUT2D eigenvalue weighted by molar-refractivity contribution is 5.76. The molecule has 0 spiro atoms. The van der Waals surface area contributed by atoms with Crippen LogP contribution in [0.5, 0.6) is 0 Å². The Bertz CT molecular complexity index is 442. The molecule has 2 N–H and O–H groups in total. The summed E-state index contributed by atoms with van der Waals surface area (Å²) in [6.45, 7) is 5.83. The molecule has 0 aliphatic carbocycles. The Labute approximate surface area is 108 Å². The molecule has 1 fully saturated rings. The van der Waals surface area contributed by atoms with Crippen LogP contribution in [0.2, 0.25) is 0 Å². The number of nitrogens with zero attached hydrogens (tertiary/aromatic N) is 2. The molecule has 1 aliphatic rings. The summed E-state index contributed by atoms with van der Waals surface area (Å²) in [6.07, 6.45) is 4.33. The minimum atomic E-state index is 0.227. The number of carbonyl (C=O) groups is 1. The number of aromatic nitrogens is 1. The van der Waals surface area contributed by atoms with E-state index in [0.29, 0.717) is 18.7 Å². The van der Waals surface area contributed by atoms with Crippen molar-refractivity contribution in [1.29, 1.82) is 0 Å². The topological polar surface area (TPSA) is 59.2 Å². The van der Waals surface area contributed by atoms with Crippen LogP contribution in [0, 0.1) is 5.41 Å². The van der Waals surface area contributed by atoms with Gasteiger partial charge in [-0.3, -0.25) is 9.78 Å². The first kappa shape index (κ1) is 12.9. The van der Waals surface area contributed by atoms with Gasteiger partial charge in [0.05, 0.1) is 12.2 Å². The van der Waals surface area contributed by atoms with Crippen LogP contribution in [0.25, 0.3) is 0 Å². The zero-order valence-corrected chi connectivity index (χ0v) is 11.1. The summed E-state index contributed by atoms with van der Waals surface area (Å²) in [5.74, 6) is 0.227. The highest BCUT2D eigenvalue weighted by Crippen LogP contribution is 2.30. The highest BCUT2D eigenvalue weighted by Gasteiger charge is 2.27. The van der Waals surface area contributed by atoms with Crippen molar-refractivity contribution in [3.05, 3.63) is 24.0 Å². The van der Waals surface area contributed by atoms with Gasteiger partial charge in [-0.15, -0.1) is 0 Å². The van der Waals surface area contributed by atoms with Crippen LogP contribution in [0.15, 0.2) is 18.3 Å². The Hall–Kier alpha value is -1.58. The normalized spacial score (nSPS) is 19.7. The summed E-state index contributed by atoms with van der Waals surface area (Å²) in [5, 5.41) is 0. The zero-order chi connectivity index (χ0) is 13.2. The second-order valence-electron chi connectivity index (χ2n) is 5.81. The molecular weight excluding hydrogens is 226 g/mol. The predicted octanol–water partition coefficient (Wildman–Crippen LogP) is 2.20. The van der Waals surface area contributed by atoms with Gasteiger partial charge in [0.25, 0.3) is 0 Å². The summed E-state index contributed by atoms with van der Waals surface area (Å²) >= 11 is 0. The van der Waals surface area contributed by atoms with Crippen LogP contribution in [-0.4, -0.2) is 22.3 Å². The van der Waals surface area contributed by atoms with Crippen LogP contribution in [0.3, 0.4) is 0 Å². The molecule has 4 nitrogen and oxygen atoms in total. The summed E-state index contributed by atoms with van der Waals surface area (Å²) in [4.78, 5) is 18.2. The molecule has 2 heterocycles. The van der Waals surface area contributed by atoms with Crippen molar-refractivity contribution in [3.8, 4) is 0 Å². The lowest BCUT2D eigenvalue weighted by atomic mass is 9.85. The van der Waals surface area contributed by atoms with Gasteiger partial charge in [0, 0.05) is 24.8 Å². The van der Waals surface area contributed by atoms with Gasteiger partial charge in [0.1, 0.15) is 0 Å². The van der Waals surface area contributed by atoms with Gasteiger partial charge in [-0.25, -0.2) is 0 Å². The third-order valence-corrected chi connectivity index (χ3v) is 3.62. The highest BCUT2D eigenvalue weighted by atomic mass is 16.2. The second-order valence-corrected chi connectivity index (χ2v) is 5.81. The number of pyridine rings is 1. The Morgan fingerprint density at radius 1 is 1.44 bits per heavy atom. The second kappa shape index (κ2) is 4.96. The minimum absolute atomic E-state index is 0.227. The average Bonchev–Trinajstić information content (AvgIpc) is 2.42. The Kier molecular flexibility index (Phi) is 3.55. The standard InChI is InChI=1S/C14H21N3O/c1-14(2)5-3-13(18)17(8-6-14)10-12-9-11(15)4-7-16-12/h4,7,9H,3,5-6,8,10H2,1-2H3,(H2,15,16). The minimum Gasteiger partial charge on any atom is -0.399 e. The van der Waals surface area contributed by atoms with Gasteiger partial charge in [-0.2, -0.15) is 0 Å². The molecule has 0 aromatic carbocycles. The maximum atomic E-state index is 12.1. The van der Waals surface area contributed by atoms with Crippen molar-refractivity contribution in [2.45, 2.75) is 39.7 Å². The fourth-order valence-electron chi connectivity index (χ4n) is 2.24. The monoisotopic (exact) mass is 247 g/mol. The van der Waals surface area contributed by atoms with Crippen LogP contribution < -0.4 is 5.73 Å². The van der Waals surface area contributed by atoms with Crippen LogP contribution in [0.4, 0.5) is 5.69 Å². The average molecular weight is 247 g/mol. The molecule has 1 aliphatic heterocycles. The van der Waals surface area contributed by atoms with E-state index in [1.54, 1.807) is 12.3 Å². The molecule has 0 radical (unpaired) electrons. The largest absolute Gasteiger partial charge is 0.399 e. The first-order valence-electron chi connectivity index (χ1n) is 6.44. The number of hydrogen-bond acceptors (Lipinski definition) is 3. The number of anilines is 1. The first-order valence-corrected chi connectivity index (χ1v) is 6.44. The van der Waals surface area contributed by atoms with Gasteiger partial charge in [0.15, 0.2) is 0 Å². The maximum absolute atomic E-state index is 12.1. The molecule has 0 unspecified atom stereocenters. The molecule has 98 valence electrons. The first-order chi connectivity index (χ1) is 8.46. The number of carbonyl (C=O) groups excluding carboxylic acids is 1. The van der Waals surface area contributed by atoms with Crippen LogP contribution in [-0.2, 0) is 11.3 Å². The maximum Gasteiger partial charge on any atom is 0.222 e. The summed E-state index contributed by atoms with van der Waals surface area (Å²) in [6, 6.07) is 3.60. The van der Waals surface area contributed by atoms with Crippen molar-refractivity contribution in [3.63, 3.8) is 0 Å². The third-order valence-electron chi connectivity index (χ3n) is 3.62. The van der Waals surface area contributed by atoms with Gasteiger partial charge in [-0.05, 0) is 30.4 Å². The zero-order valence-electron chi connectivity index (χ0n) is 11.1. The van der Waals surface area contributed by atoms with E-state index in [2.05, 4.69) is 18.8 Å². The van der Waals surface area contributed by atoms with Crippen molar-refractivity contribution in [2.24, 2.45) is 5.41 Å². The number of nitrogen functional groups attached to an aromatic ring is 1. The van der Waals surface area contributed by atoms with Gasteiger partial charge in [0.2, 0.25) is 5.91 Å². The predicted molar refractivity (Wildman–Crippen MR) is 71.7 cm³/mol. The fraction of sp³-hybridized carbons (Fsp3) is 0.571. The quantitative estimate of drug-likeness (QED) is 0.871. The van der Waals surface area contributed by atoms with Crippen LogP contribution in [0.1, 0.15) is 38.8 Å². The van der Waals surface area contributed by atoms with E-state index < -0.39 is 0 Å². The summed E-state index contributed by atoms with van der Waals surface area (Å²) in [7, 11) is 0. The van der Waals surface area contributed by atoms with E-state index in [9.17, 15) is 4.79 Å². The SMILES string of the molecule is CC1(C)CCC(=O)N(Cc2cc(N)ccn2)CC1. The Balaban J connectivity index is 2.06. The molecule has 1 aromatic heterocycles. The molecule has 1 aromatic rings. The van der Waals surface area contributed by atoms with E-state index in [1.165, 1.54) is 0 Å². The molecular formula is C14H21N3O. The number of likely N-dealkylation sites (tertiary alicyclic amines) is 1. The van der Waals surface area contributed by atoms with Gasteiger partial charge in [-0.1, -0.05) is 13.8 Å². The fourth-order valence-corrected chi connectivity index (χ4v) is 2.24. The van der Waals surface area contributed by atoms with E-state index >= 15 is 0 Å². The summed E-state index contributed by atoms with van der Waals surface area (Å²) < 4.78 is 0. The Morgan fingerprint density at radius 3 is 2.94 bits per heavy atom. The number of rotatable bonds is 2. The van der Waals surface area contributed by atoms with Crippen molar-refractivity contribution >= 4 is 11.6 Å². The smallest absolute Gasteiger partial charge is 0.222 e. The summed E-state index contributed by atoms with van der Waals surface area (Å²) in [5.41, 5.74) is 7.55. The van der Waals surface area contributed by atoms with E-state index in [1.807, 2.05) is 11.0 Å². The lowest BCUT2D eigenvalue weighted by Gasteiger charge is -2.23. The number of amides is 1.